The molecule has 0 aliphatic rings. The van der Waals surface area contributed by atoms with Gasteiger partial charge in [0, 0.05) is 6.04 Å². The Morgan fingerprint density at radius 3 is 3.00 bits per heavy atom. The van der Waals surface area contributed by atoms with E-state index in [0.717, 1.165) is 23.1 Å². The summed E-state index contributed by atoms with van der Waals surface area (Å²) in [6.07, 6.45) is 4.54. The van der Waals surface area contributed by atoms with Gasteiger partial charge in [0.05, 0.1) is 5.39 Å². The maximum absolute atomic E-state index is 12.4. The molecular weight excluding hydrogens is 264 g/mol. The van der Waals surface area contributed by atoms with Gasteiger partial charge in [-0.25, -0.2) is 0 Å². The Morgan fingerprint density at radius 1 is 1.50 bits per heavy atom. The molecular formula is C13H18N2OS2. The third kappa shape index (κ3) is 2.57. The minimum absolute atomic E-state index is 0.0407. The van der Waals surface area contributed by atoms with E-state index in [1.54, 1.807) is 4.57 Å². The van der Waals surface area contributed by atoms with Crippen molar-refractivity contribution in [3.8, 4) is 0 Å². The van der Waals surface area contributed by atoms with Crippen LogP contribution in [0.25, 0.3) is 10.2 Å². The highest BCUT2D eigenvalue weighted by atomic mass is 32.1. The Morgan fingerprint density at radius 2 is 2.28 bits per heavy atom. The topological polar surface area (TPSA) is 37.8 Å². The highest BCUT2D eigenvalue weighted by molar-refractivity contribution is 7.71. The van der Waals surface area contributed by atoms with Gasteiger partial charge < -0.3 is 4.98 Å². The van der Waals surface area contributed by atoms with Gasteiger partial charge >= 0.3 is 0 Å². The van der Waals surface area contributed by atoms with Crippen LogP contribution >= 0.6 is 23.6 Å². The van der Waals surface area contributed by atoms with E-state index < -0.39 is 0 Å². The maximum Gasteiger partial charge on any atom is 0.263 e. The summed E-state index contributed by atoms with van der Waals surface area (Å²) >= 11 is 6.82. The van der Waals surface area contributed by atoms with Crippen LogP contribution in [0.5, 0.6) is 0 Å². The average molecular weight is 282 g/mol. The summed E-state index contributed by atoms with van der Waals surface area (Å²) in [6.45, 7) is 4.25. The van der Waals surface area contributed by atoms with Crippen LogP contribution < -0.4 is 5.56 Å². The number of fused-ring (bicyclic) bond motifs is 1. The van der Waals surface area contributed by atoms with Crippen LogP contribution in [-0.2, 0) is 0 Å². The monoisotopic (exact) mass is 282 g/mol. The average Bonchev–Trinajstić information content (AvgIpc) is 2.77. The molecule has 1 atom stereocenters. The molecule has 1 N–H and O–H groups in total. The first-order valence-electron chi connectivity index (χ1n) is 6.37. The van der Waals surface area contributed by atoms with E-state index in [1.807, 2.05) is 11.4 Å². The summed E-state index contributed by atoms with van der Waals surface area (Å²) in [7, 11) is 0. The number of rotatable bonds is 5. The lowest BCUT2D eigenvalue weighted by molar-refractivity contribution is 0.459. The Hall–Kier alpha value is -0.940. The number of aromatic amines is 1. The van der Waals surface area contributed by atoms with Gasteiger partial charge in [0.25, 0.3) is 5.56 Å². The minimum Gasteiger partial charge on any atom is -0.323 e. The van der Waals surface area contributed by atoms with E-state index in [-0.39, 0.29) is 11.6 Å². The molecule has 2 rings (SSSR count). The Kier molecular flexibility index (Phi) is 4.35. The van der Waals surface area contributed by atoms with Gasteiger partial charge in [-0.1, -0.05) is 26.2 Å². The molecule has 2 heterocycles. The molecule has 3 nitrogen and oxygen atoms in total. The molecule has 18 heavy (non-hydrogen) atoms. The second kappa shape index (κ2) is 5.80. The summed E-state index contributed by atoms with van der Waals surface area (Å²) in [4.78, 5) is 16.4. The zero-order chi connectivity index (χ0) is 13.1. The third-order valence-electron chi connectivity index (χ3n) is 3.22. The fourth-order valence-corrected chi connectivity index (χ4v) is 3.38. The molecule has 0 radical (unpaired) electrons. The van der Waals surface area contributed by atoms with Gasteiger partial charge in [-0.3, -0.25) is 9.36 Å². The molecule has 0 saturated carbocycles. The molecule has 0 saturated heterocycles. The summed E-state index contributed by atoms with van der Waals surface area (Å²) in [5.74, 6) is 0. The Balaban J connectivity index is 2.37. The number of thiophene rings is 1. The first kappa shape index (κ1) is 13.5. The van der Waals surface area contributed by atoms with E-state index >= 15 is 0 Å². The smallest absolute Gasteiger partial charge is 0.263 e. The fraction of sp³-hybridized carbons (Fsp3) is 0.538. The van der Waals surface area contributed by atoms with Crippen molar-refractivity contribution in [2.75, 3.05) is 0 Å². The van der Waals surface area contributed by atoms with Crippen LogP contribution in [0.1, 0.15) is 45.6 Å². The summed E-state index contributed by atoms with van der Waals surface area (Å²) in [6, 6.07) is 2.03. The summed E-state index contributed by atoms with van der Waals surface area (Å²) in [5.41, 5.74) is 0.0407. The molecule has 0 aliphatic carbocycles. The normalized spacial score (nSPS) is 13.0. The number of H-pyrrole nitrogens is 1. The molecule has 0 amide bonds. The highest BCUT2D eigenvalue weighted by Gasteiger charge is 2.11. The van der Waals surface area contributed by atoms with E-state index in [0.29, 0.717) is 4.77 Å². The standard InChI is InChI=1S/C13H18N2OS2/c1-3-4-5-6-9(2)15-12(16)10-7-8-18-11(10)14-13(15)17/h7-9H,3-6H2,1-2H3,(H,14,17). The van der Waals surface area contributed by atoms with Gasteiger partial charge in [-0.05, 0) is 37.0 Å². The largest absolute Gasteiger partial charge is 0.323 e. The van der Waals surface area contributed by atoms with Crippen LogP contribution in [0.4, 0.5) is 0 Å². The van der Waals surface area contributed by atoms with Crippen molar-refractivity contribution in [2.24, 2.45) is 0 Å². The van der Waals surface area contributed by atoms with Crippen LogP contribution in [-0.4, -0.2) is 9.55 Å². The second-order valence-electron chi connectivity index (χ2n) is 4.61. The molecule has 2 aromatic heterocycles. The number of aromatic nitrogens is 2. The first-order valence-corrected chi connectivity index (χ1v) is 7.66. The van der Waals surface area contributed by atoms with E-state index in [9.17, 15) is 4.79 Å². The van der Waals surface area contributed by atoms with Crippen molar-refractivity contribution >= 4 is 33.8 Å². The fourth-order valence-electron chi connectivity index (χ4n) is 2.17. The molecule has 98 valence electrons. The molecule has 0 aromatic carbocycles. The van der Waals surface area contributed by atoms with Crippen molar-refractivity contribution in [3.63, 3.8) is 0 Å². The van der Waals surface area contributed by atoms with Crippen molar-refractivity contribution in [2.45, 2.75) is 45.6 Å². The highest BCUT2D eigenvalue weighted by Crippen LogP contribution is 2.18. The molecule has 0 bridgehead atoms. The lowest BCUT2D eigenvalue weighted by Gasteiger charge is -2.15. The SMILES string of the molecule is CCCCCC(C)n1c(=S)[nH]c2sccc2c1=O. The van der Waals surface area contributed by atoms with Gasteiger partial charge in [0.15, 0.2) is 4.77 Å². The van der Waals surface area contributed by atoms with Gasteiger partial charge in [-0.15, -0.1) is 11.3 Å². The minimum atomic E-state index is 0.0407. The number of unbranched alkanes of at least 4 members (excludes halogenated alkanes) is 2. The lowest BCUT2D eigenvalue weighted by atomic mass is 10.1. The zero-order valence-electron chi connectivity index (χ0n) is 10.7. The summed E-state index contributed by atoms with van der Waals surface area (Å²) in [5, 5.41) is 2.67. The van der Waals surface area contributed by atoms with Crippen molar-refractivity contribution in [1.29, 1.82) is 0 Å². The first-order chi connectivity index (χ1) is 8.65. The lowest BCUT2D eigenvalue weighted by Crippen LogP contribution is -2.24. The Bertz CT molecular complexity index is 638. The van der Waals surface area contributed by atoms with Gasteiger partial charge in [0.2, 0.25) is 0 Å². The van der Waals surface area contributed by atoms with Crippen molar-refractivity contribution < 1.29 is 0 Å². The van der Waals surface area contributed by atoms with Crippen molar-refractivity contribution in [1.82, 2.24) is 9.55 Å². The molecule has 0 fully saturated rings. The number of nitrogens with one attached hydrogen (secondary N) is 1. The molecule has 1 unspecified atom stereocenters. The number of hydrogen-bond donors (Lipinski definition) is 1. The van der Waals surface area contributed by atoms with Crippen LogP contribution in [0.3, 0.4) is 0 Å². The number of hydrogen-bond acceptors (Lipinski definition) is 3. The molecule has 5 heteroatoms. The van der Waals surface area contributed by atoms with E-state index in [2.05, 4.69) is 18.8 Å². The van der Waals surface area contributed by atoms with Crippen LogP contribution in [0.2, 0.25) is 0 Å². The molecule has 0 spiro atoms. The van der Waals surface area contributed by atoms with E-state index in [4.69, 9.17) is 12.2 Å². The van der Waals surface area contributed by atoms with Gasteiger partial charge in [-0.2, -0.15) is 0 Å². The number of nitrogens with zero attached hydrogens (tertiary/aromatic N) is 1. The second-order valence-corrected chi connectivity index (χ2v) is 5.92. The maximum atomic E-state index is 12.4. The third-order valence-corrected chi connectivity index (χ3v) is 4.35. The molecule has 2 aromatic rings. The Labute approximate surface area is 115 Å². The van der Waals surface area contributed by atoms with Crippen LogP contribution in [0.15, 0.2) is 16.2 Å². The molecule has 0 aliphatic heterocycles. The summed E-state index contributed by atoms with van der Waals surface area (Å²) < 4.78 is 2.26. The zero-order valence-corrected chi connectivity index (χ0v) is 12.4. The van der Waals surface area contributed by atoms with Crippen LogP contribution in [0, 0.1) is 4.77 Å². The van der Waals surface area contributed by atoms with E-state index in [1.165, 1.54) is 24.2 Å². The quantitative estimate of drug-likeness (QED) is 0.657. The predicted molar refractivity (Wildman–Crippen MR) is 80.1 cm³/mol. The van der Waals surface area contributed by atoms with Crippen molar-refractivity contribution in [3.05, 3.63) is 26.6 Å². The van der Waals surface area contributed by atoms with Gasteiger partial charge in [0.1, 0.15) is 4.83 Å². The predicted octanol–water partition coefficient (Wildman–Crippen LogP) is 4.26.